The minimum absolute atomic E-state index is 0.0466. The van der Waals surface area contributed by atoms with Gasteiger partial charge in [0.25, 0.3) is 33.2 Å². The third-order valence-corrected chi connectivity index (χ3v) is 7.55. The van der Waals surface area contributed by atoms with E-state index in [0.717, 1.165) is 29.2 Å². The Morgan fingerprint density at radius 3 is 1.76 bits per heavy atom. The number of sulfonamides is 1. The number of carbonyl (C=O) groups excluding carboxylic acids is 2. The first-order chi connectivity index (χ1) is 18.0. The maximum Gasteiger partial charge on any atom is 0.284 e. The number of nitro benzene ring substituents is 2. The van der Waals surface area contributed by atoms with Gasteiger partial charge in [-0.05, 0) is 55.0 Å². The average Bonchev–Trinajstić information content (AvgIpc) is 2.88. The van der Waals surface area contributed by atoms with Gasteiger partial charge in [0, 0.05) is 28.6 Å². The molecule has 0 saturated heterocycles. The number of non-ortho nitro benzene ring substituents is 2. The highest BCUT2D eigenvalue weighted by atomic mass is 32.2. The summed E-state index contributed by atoms with van der Waals surface area (Å²) in [6, 6.07) is 16.1. The molecule has 1 N–H and O–H groups in total. The van der Waals surface area contributed by atoms with E-state index >= 15 is 0 Å². The molecule has 0 unspecified atom stereocenters. The summed E-state index contributed by atoms with van der Waals surface area (Å²) in [5.41, 5.74) is -0.338. The van der Waals surface area contributed by atoms with Crippen molar-refractivity contribution in [2.24, 2.45) is 0 Å². The number of nitrogens with one attached hydrogen (secondary N) is 1. The van der Waals surface area contributed by atoms with Gasteiger partial charge in [-0.1, -0.05) is 18.2 Å². The van der Waals surface area contributed by atoms with Crippen molar-refractivity contribution < 1.29 is 27.9 Å². The Labute approximate surface area is 214 Å². The molecule has 38 heavy (non-hydrogen) atoms. The van der Waals surface area contributed by atoms with Crippen molar-refractivity contribution in [2.75, 3.05) is 9.62 Å². The smallest absolute Gasteiger partial charge is 0.279 e. The number of benzene rings is 4. The number of para-hydroxylation sites is 1. The molecule has 0 aliphatic carbocycles. The zero-order valence-corrected chi connectivity index (χ0v) is 20.3. The third-order valence-electron chi connectivity index (χ3n) is 6.17. The van der Waals surface area contributed by atoms with Crippen molar-refractivity contribution in [1.29, 1.82) is 0 Å². The Morgan fingerprint density at radius 1 is 0.737 bits per heavy atom. The summed E-state index contributed by atoms with van der Waals surface area (Å²) in [7, 11) is -3.98. The Kier molecular flexibility index (Phi) is 5.64. The number of imide groups is 1. The van der Waals surface area contributed by atoms with Crippen LogP contribution in [0.4, 0.5) is 22.7 Å². The van der Waals surface area contributed by atoms with E-state index in [4.69, 9.17) is 0 Å². The van der Waals surface area contributed by atoms with Gasteiger partial charge in [-0.15, -0.1) is 0 Å². The molecule has 1 aliphatic rings. The van der Waals surface area contributed by atoms with Gasteiger partial charge < -0.3 is 0 Å². The maximum atomic E-state index is 13.4. The third kappa shape index (κ3) is 3.81. The first-order valence-electron chi connectivity index (χ1n) is 11.0. The van der Waals surface area contributed by atoms with Crippen LogP contribution in [0.25, 0.3) is 10.8 Å². The highest BCUT2D eigenvalue weighted by Gasteiger charge is 2.38. The number of hydrogen-bond donors (Lipinski definition) is 1. The van der Waals surface area contributed by atoms with Crippen LogP contribution < -0.4 is 9.62 Å². The Bertz CT molecular complexity index is 1750. The van der Waals surface area contributed by atoms with Crippen LogP contribution in [0.5, 0.6) is 0 Å². The molecule has 0 atom stereocenters. The predicted molar refractivity (Wildman–Crippen MR) is 137 cm³/mol. The summed E-state index contributed by atoms with van der Waals surface area (Å²) in [5.74, 6) is -1.73. The fourth-order valence-electron chi connectivity index (χ4n) is 4.35. The first-order valence-corrected chi connectivity index (χ1v) is 12.5. The SMILES string of the molecule is Cc1ccccc1NS(=O)(=O)c1ccc(N2C(=O)c3ccc([N+](=O)[O-])c4c([N+](=O)[O-])ccc(c34)C2=O)cc1. The van der Waals surface area contributed by atoms with Crippen LogP contribution in [0, 0.1) is 27.2 Å². The molecule has 0 aromatic heterocycles. The summed E-state index contributed by atoms with van der Waals surface area (Å²) in [5, 5.41) is 22.5. The summed E-state index contributed by atoms with van der Waals surface area (Å²) >= 11 is 0. The predicted octanol–water partition coefficient (Wildman–Crippen LogP) is 4.57. The number of nitro groups is 2. The van der Waals surface area contributed by atoms with E-state index in [2.05, 4.69) is 4.72 Å². The summed E-state index contributed by atoms with van der Waals surface area (Å²) < 4.78 is 28.2. The Morgan fingerprint density at radius 2 is 1.26 bits per heavy atom. The first kappa shape index (κ1) is 24.5. The molecule has 13 heteroatoms. The molecular weight excluding hydrogens is 516 g/mol. The second-order valence-electron chi connectivity index (χ2n) is 8.39. The number of hydrogen-bond acceptors (Lipinski definition) is 8. The monoisotopic (exact) mass is 532 g/mol. The van der Waals surface area contributed by atoms with Crippen LogP contribution in [0.1, 0.15) is 26.3 Å². The fraction of sp³-hybridized carbons (Fsp3) is 0.0400. The zero-order chi connectivity index (χ0) is 27.4. The lowest BCUT2D eigenvalue weighted by atomic mass is 9.91. The number of amides is 2. The molecule has 4 aromatic carbocycles. The van der Waals surface area contributed by atoms with Crippen molar-refractivity contribution in [2.45, 2.75) is 11.8 Å². The molecular formula is C25H16N4O8S. The van der Waals surface area contributed by atoms with Gasteiger partial charge in [-0.25, -0.2) is 13.3 Å². The highest BCUT2D eigenvalue weighted by Crippen LogP contribution is 2.41. The van der Waals surface area contributed by atoms with Gasteiger partial charge in [0.2, 0.25) is 0 Å². The number of carbonyl (C=O) groups is 2. The zero-order valence-electron chi connectivity index (χ0n) is 19.4. The average molecular weight is 532 g/mol. The largest absolute Gasteiger partial charge is 0.284 e. The minimum atomic E-state index is -3.98. The topological polar surface area (TPSA) is 170 Å². The number of rotatable bonds is 6. The molecule has 0 spiro atoms. The lowest BCUT2D eigenvalue weighted by Crippen LogP contribution is -2.40. The molecule has 1 aliphatic heterocycles. The van der Waals surface area contributed by atoms with Crippen LogP contribution in [0.15, 0.2) is 77.7 Å². The van der Waals surface area contributed by atoms with E-state index in [1.807, 2.05) is 0 Å². The van der Waals surface area contributed by atoms with E-state index in [9.17, 15) is 38.2 Å². The molecule has 0 bridgehead atoms. The second-order valence-corrected chi connectivity index (χ2v) is 10.1. The van der Waals surface area contributed by atoms with Gasteiger partial charge in [0.05, 0.1) is 26.1 Å². The molecule has 4 aromatic rings. The van der Waals surface area contributed by atoms with Crippen LogP contribution in [-0.4, -0.2) is 30.1 Å². The van der Waals surface area contributed by atoms with Crippen molar-refractivity contribution in [3.63, 3.8) is 0 Å². The van der Waals surface area contributed by atoms with Crippen molar-refractivity contribution in [3.05, 3.63) is 110 Å². The van der Waals surface area contributed by atoms with Gasteiger partial charge in [0.1, 0.15) is 5.39 Å². The summed E-state index contributed by atoms with van der Waals surface area (Å²) in [6.45, 7) is 1.75. The fourth-order valence-corrected chi connectivity index (χ4v) is 5.48. The Balaban J connectivity index is 1.56. The van der Waals surface area contributed by atoms with E-state index in [0.29, 0.717) is 11.3 Å². The normalized spacial score (nSPS) is 13.0. The van der Waals surface area contributed by atoms with Crippen LogP contribution in [0.2, 0.25) is 0 Å². The van der Waals surface area contributed by atoms with Crippen LogP contribution in [0.3, 0.4) is 0 Å². The molecule has 5 rings (SSSR count). The second kappa shape index (κ2) is 8.74. The molecule has 0 saturated carbocycles. The number of anilines is 2. The quantitative estimate of drug-likeness (QED) is 0.214. The molecule has 0 fully saturated rings. The van der Waals surface area contributed by atoms with Crippen molar-refractivity contribution >= 4 is 55.4 Å². The van der Waals surface area contributed by atoms with E-state index in [1.54, 1.807) is 31.2 Å². The molecule has 2 amide bonds. The van der Waals surface area contributed by atoms with E-state index in [1.165, 1.54) is 24.3 Å². The molecule has 190 valence electrons. The van der Waals surface area contributed by atoms with E-state index < -0.39 is 48.4 Å². The van der Waals surface area contributed by atoms with Crippen molar-refractivity contribution in [1.82, 2.24) is 0 Å². The maximum absolute atomic E-state index is 13.4. The lowest BCUT2D eigenvalue weighted by molar-refractivity contribution is -0.390. The minimum Gasteiger partial charge on any atom is -0.279 e. The lowest BCUT2D eigenvalue weighted by Gasteiger charge is -2.27. The van der Waals surface area contributed by atoms with Crippen molar-refractivity contribution in [3.8, 4) is 0 Å². The highest BCUT2D eigenvalue weighted by molar-refractivity contribution is 7.92. The Hall–Kier alpha value is -5.17. The van der Waals surface area contributed by atoms with Gasteiger partial charge in [-0.3, -0.25) is 34.5 Å². The van der Waals surface area contributed by atoms with Crippen LogP contribution in [-0.2, 0) is 10.0 Å². The summed E-state index contributed by atoms with van der Waals surface area (Å²) in [6.07, 6.45) is 0. The summed E-state index contributed by atoms with van der Waals surface area (Å²) in [4.78, 5) is 48.9. The number of aryl methyl sites for hydroxylation is 1. The van der Waals surface area contributed by atoms with Gasteiger partial charge in [0.15, 0.2) is 0 Å². The molecule has 12 nitrogen and oxygen atoms in total. The standard InChI is InChI=1S/C25H16N4O8S/c1-14-4-2-3-5-19(14)26-38(36,37)16-8-6-15(7-9-16)27-24(30)17-10-12-20(28(32)33)23-21(29(34)35)13-11-18(22(17)23)25(27)31/h2-13,26H,1H3. The van der Waals surface area contributed by atoms with Gasteiger partial charge in [-0.2, -0.15) is 0 Å². The van der Waals surface area contributed by atoms with Crippen LogP contribution >= 0.6 is 0 Å². The van der Waals surface area contributed by atoms with E-state index in [-0.39, 0.29) is 27.1 Å². The molecule has 1 heterocycles. The number of nitrogens with zero attached hydrogens (tertiary/aromatic N) is 3. The van der Waals surface area contributed by atoms with Gasteiger partial charge >= 0.3 is 0 Å². The molecule has 0 radical (unpaired) electrons.